The van der Waals surface area contributed by atoms with Crippen molar-refractivity contribution in [2.24, 2.45) is 0 Å². The lowest BCUT2D eigenvalue weighted by atomic mass is 10.3. The van der Waals surface area contributed by atoms with Crippen LogP contribution in [0.4, 0.5) is 0 Å². The van der Waals surface area contributed by atoms with Crippen LogP contribution in [0.15, 0.2) is 47.3 Å². The molecule has 0 bridgehead atoms. The Kier molecular flexibility index (Phi) is 3.39. The molecule has 20 heavy (non-hydrogen) atoms. The molecule has 5 nitrogen and oxygen atoms in total. The van der Waals surface area contributed by atoms with Crippen molar-refractivity contribution in [3.8, 4) is 17.1 Å². The standard InChI is InChI=1S/C14H12N4OS/c1-2-11-9-12(5-8-16-11)18-14(20)19-13(17-18)10-3-6-15-7-4-10/h3-9H,2H2,1H3. The topological polar surface area (TPSA) is 56.7 Å². The van der Waals surface area contributed by atoms with Gasteiger partial charge in [-0.3, -0.25) is 9.97 Å². The van der Waals surface area contributed by atoms with Crippen LogP contribution in [-0.2, 0) is 6.42 Å². The Balaban J connectivity index is 2.07. The van der Waals surface area contributed by atoms with E-state index in [1.807, 2.05) is 24.3 Å². The fourth-order valence-electron chi connectivity index (χ4n) is 1.84. The zero-order valence-electron chi connectivity index (χ0n) is 10.9. The Bertz CT molecular complexity index is 779. The highest BCUT2D eigenvalue weighted by Gasteiger charge is 2.09. The summed E-state index contributed by atoms with van der Waals surface area (Å²) in [6.07, 6.45) is 5.98. The normalized spacial score (nSPS) is 10.7. The summed E-state index contributed by atoms with van der Waals surface area (Å²) in [5.74, 6) is 0.479. The fraction of sp³-hybridized carbons (Fsp3) is 0.143. The van der Waals surface area contributed by atoms with E-state index in [4.69, 9.17) is 16.6 Å². The van der Waals surface area contributed by atoms with E-state index in [0.29, 0.717) is 10.7 Å². The summed E-state index contributed by atoms with van der Waals surface area (Å²) in [6, 6.07) is 7.46. The van der Waals surface area contributed by atoms with Gasteiger partial charge in [0.2, 0.25) is 5.89 Å². The number of aromatic nitrogens is 4. The molecule has 0 saturated carbocycles. The van der Waals surface area contributed by atoms with Gasteiger partial charge in [0.15, 0.2) is 0 Å². The monoisotopic (exact) mass is 284 g/mol. The van der Waals surface area contributed by atoms with Gasteiger partial charge in [0, 0.05) is 29.8 Å². The summed E-state index contributed by atoms with van der Waals surface area (Å²) in [4.78, 5) is 8.54. The van der Waals surface area contributed by atoms with Crippen molar-refractivity contribution in [3.63, 3.8) is 0 Å². The van der Waals surface area contributed by atoms with E-state index >= 15 is 0 Å². The SMILES string of the molecule is CCc1cc(-n2nc(-c3ccncc3)oc2=S)ccn1. The molecule has 3 rings (SSSR count). The Labute approximate surface area is 120 Å². The molecule has 0 radical (unpaired) electrons. The minimum atomic E-state index is 0.310. The van der Waals surface area contributed by atoms with Crippen molar-refractivity contribution < 1.29 is 4.42 Å². The molecule has 0 amide bonds. The van der Waals surface area contributed by atoms with Gasteiger partial charge < -0.3 is 4.42 Å². The molecule has 100 valence electrons. The first kappa shape index (κ1) is 12.7. The molecular weight excluding hydrogens is 272 g/mol. The molecule has 0 spiro atoms. The average molecular weight is 284 g/mol. The predicted octanol–water partition coefficient (Wildman–Crippen LogP) is 3.21. The fourth-order valence-corrected chi connectivity index (χ4v) is 2.07. The van der Waals surface area contributed by atoms with E-state index in [-0.39, 0.29) is 0 Å². The van der Waals surface area contributed by atoms with Gasteiger partial charge in [-0.05, 0) is 42.9 Å². The van der Waals surface area contributed by atoms with E-state index in [0.717, 1.165) is 23.4 Å². The molecule has 3 heterocycles. The van der Waals surface area contributed by atoms with Gasteiger partial charge in [0.1, 0.15) is 0 Å². The minimum Gasteiger partial charge on any atom is -0.409 e. The summed E-state index contributed by atoms with van der Waals surface area (Å²) in [6.45, 7) is 2.05. The van der Waals surface area contributed by atoms with Crippen LogP contribution in [0.25, 0.3) is 17.1 Å². The number of hydrogen-bond acceptors (Lipinski definition) is 5. The summed E-state index contributed by atoms with van der Waals surface area (Å²) < 4.78 is 7.15. The van der Waals surface area contributed by atoms with Crippen LogP contribution in [0.2, 0.25) is 0 Å². The smallest absolute Gasteiger partial charge is 0.292 e. The van der Waals surface area contributed by atoms with E-state index in [1.54, 1.807) is 23.3 Å². The Hall–Kier alpha value is -2.34. The highest BCUT2D eigenvalue weighted by Crippen LogP contribution is 2.19. The quantitative estimate of drug-likeness (QED) is 0.691. The minimum absolute atomic E-state index is 0.310. The molecule has 0 saturated heterocycles. The Morgan fingerprint density at radius 3 is 2.75 bits per heavy atom. The number of nitrogens with zero attached hydrogens (tertiary/aromatic N) is 4. The first-order valence-electron chi connectivity index (χ1n) is 6.24. The zero-order valence-corrected chi connectivity index (χ0v) is 11.7. The molecule has 0 aliphatic rings. The summed E-state index contributed by atoms with van der Waals surface area (Å²) in [7, 11) is 0. The van der Waals surface area contributed by atoms with Crippen LogP contribution >= 0.6 is 12.2 Å². The second-order valence-electron chi connectivity index (χ2n) is 4.18. The third-order valence-corrected chi connectivity index (χ3v) is 3.14. The van der Waals surface area contributed by atoms with Crippen molar-refractivity contribution >= 4 is 12.2 Å². The first-order valence-corrected chi connectivity index (χ1v) is 6.64. The van der Waals surface area contributed by atoms with Crippen LogP contribution in [0, 0.1) is 4.84 Å². The number of pyridine rings is 2. The van der Waals surface area contributed by atoms with Gasteiger partial charge in [-0.25, -0.2) is 0 Å². The highest BCUT2D eigenvalue weighted by molar-refractivity contribution is 7.71. The summed E-state index contributed by atoms with van der Waals surface area (Å²) >= 11 is 5.23. The Morgan fingerprint density at radius 1 is 1.20 bits per heavy atom. The zero-order chi connectivity index (χ0) is 13.9. The maximum Gasteiger partial charge on any atom is 0.292 e. The van der Waals surface area contributed by atoms with Gasteiger partial charge in [-0.2, -0.15) is 4.68 Å². The number of hydrogen-bond donors (Lipinski definition) is 0. The molecule has 0 unspecified atom stereocenters. The van der Waals surface area contributed by atoms with Crippen molar-refractivity contribution in [1.29, 1.82) is 0 Å². The van der Waals surface area contributed by atoms with Gasteiger partial charge in [0.05, 0.1) is 5.69 Å². The molecule has 0 aromatic carbocycles. The average Bonchev–Trinajstić information content (AvgIpc) is 2.90. The molecule has 0 N–H and O–H groups in total. The molecule has 6 heteroatoms. The van der Waals surface area contributed by atoms with Gasteiger partial charge in [-0.1, -0.05) is 6.92 Å². The van der Waals surface area contributed by atoms with Crippen LogP contribution in [0.3, 0.4) is 0 Å². The third-order valence-electron chi connectivity index (χ3n) is 2.88. The van der Waals surface area contributed by atoms with E-state index in [2.05, 4.69) is 22.0 Å². The van der Waals surface area contributed by atoms with E-state index in [9.17, 15) is 0 Å². The molecule has 0 fully saturated rings. The maximum absolute atomic E-state index is 5.55. The van der Waals surface area contributed by atoms with Crippen molar-refractivity contribution in [3.05, 3.63) is 53.4 Å². The number of rotatable bonds is 3. The van der Waals surface area contributed by atoms with Crippen LogP contribution < -0.4 is 0 Å². The van der Waals surface area contributed by atoms with Gasteiger partial charge >= 0.3 is 0 Å². The lowest BCUT2D eigenvalue weighted by molar-refractivity contribution is 0.543. The number of aryl methyl sites for hydroxylation is 1. The molecule has 0 atom stereocenters. The van der Waals surface area contributed by atoms with Crippen molar-refractivity contribution in [1.82, 2.24) is 19.7 Å². The van der Waals surface area contributed by atoms with Crippen LogP contribution in [0.1, 0.15) is 12.6 Å². The maximum atomic E-state index is 5.55. The van der Waals surface area contributed by atoms with Gasteiger partial charge in [-0.15, -0.1) is 5.10 Å². The van der Waals surface area contributed by atoms with E-state index < -0.39 is 0 Å². The molecule has 0 aliphatic carbocycles. The second kappa shape index (κ2) is 5.34. The summed E-state index contributed by atoms with van der Waals surface area (Å²) in [5, 5.41) is 4.42. The van der Waals surface area contributed by atoms with Crippen LogP contribution in [0.5, 0.6) is 0 Å². The third kappa shape index (κ3) is 2.37. The lowest BCUT2D eigenvalue weighted by Crippen LogP contribution is -1.98. The lowest BCUT2D eigenvalue weighted by Gasteiger charge is -2.01. The second-order valence-corrected chi connectivity index (χ2v) is 4.53. The molecule has 0 aliphatic heterocycles. The molecule has 3 aromatic heterocycles. The molecular formula is C14H12N4OS. The van der Waals surface area contributed by atoms with Crippen molar-refractivity contribution in [2.75, 3.05) is 0 Å². The molecule has 3 aromatic rings. The highest BCUT2D eigenvalue weighted by atomic mass is 32.1. The van der Waals surface area contributed by atoms with Gasteiger partial charge in [0.25, 0.3) is 4.84 Å². The van der Waals surface area contributed by atoms with E-state index in [1.165, 1.54) is 0 Å². The van der Waals surface area contributed by atoms with Crippen molar-refractivity contribution in [2.45, 2.75) is 13.3 Å². The largest absolute Gasteiger partial charge is 0.409 e. The van der Waals surface area contributed by atoms with Crippen LogP contribution in [-0.4, -0.2) is 19.7 Å². The summed E-state index contributed by atoms with van der Waals surface area (Å²) in [5.41, 5.74) is 2.68. The first-order chi connectivity index (χ1) is 9.78. The Morgan fingerprint density at radius 2 is 2.00 bits per heavy atom. The predicted molar refractivity (Wildman–Crippen MR) is 77.1 cm³/mol.